The monoisotopic (exact) mass is 411 g/mol. The van der Waals surface area contributed by atoms with E-state index in [9.17, 15) is 8.42 Å². The zero-order valence-electron chi connectivity index (χ0n) is 14.4. The summed E-state index contributed by atoms with van der Waals surface area (Å²) in [5.74, 6) is 0. The number of benzene rings is 2. The van der Waals surface area contributed by atoms with Crippen LogP contribution in [0.25, 0.3) is 10.9 Å². The highest BCUT2D eigenvalue weighted by molar-refractivity contribution is 7.92. The average molecular weight is 412 g/mol. The predicted octanol–water partition coefficient (Wildman–Crippen LogP) is 4.38. The molecule has 0 saturated heterocycles. The van der Waals surface area contributed by atoms with Crippen LogP contribution in [0, 0.1) is 0 Å². The van der Waals surface area contributed by atoms with Gasteiger partial charge < -0.3 is 9.88 Å². The van der Waals surface area contributed by atoms with Crippen LogP contribution in [0.2, 0.25) is 10.0 Å². The highest BCUT2D eigenvalue weighted by Gasteiger charge is 2.16. The summed E-state index contributed by atoms with van der Waals surface area (Å²) in [6.07, 6.45) is 2.88. The molecular weight excluding hydrogens is 393 g/mol. The van der Waals surface area contributed by atoms with Crippen molar-refractivity contribution in [3.8, 4) is 0 Å². The molecule has 3 aromatic rings. The van der Waals surface area contributed by atoms with E-state index in [4.69, 9.17) is 23.2 Å². The summed E-state index contributed by atoms with van der Waals surface area (Å²) in [6, 6.07) is 9.66. The van der Waals surface area contributed by atoms with Crippen molar-refractivity contribution in [1.82, 2.24) is 9.88 Å². The number of rotatable bonds is 6. The van der Waals surface area contributed by atoms with E-state index in [1.54, 1.807) is 12.1 Å². The van der Waals surface area contributed by atoms with E-state index in [1.807, 2.05) is 26.4 Å². The van der Waals surface area contributed by atoms with E-state index >= 15 is 0 Å². The lowest BCUT2D eigenvalue weighted by atomic mass is 10.1. The summed E-state index contributed by atoms with van der Waals surface area (Å²) in [4.78, 5) is 5.34. The van der Waals surface area contributed by atoms with Crippen molar-refractivity contribution in [2.75, 3.05) is 25.4 Å². The maximum absolute atomic E-state index is 12.6. The minimum absolute atomic E-state index is 0.0215. The number of nitrogens with zero attached hydrogens (tertiary/aromatic N) is 1. The first kappa shape index (κ1) is 19.0. The Kier molecular flexibility index (Phi) is 5.48. The largest absolute Gasteiger partial charge is 0.361 e. The Morgan fingerprint density at radius 3 is 2.42 bits per heavy atom. The lowest BCUT2D eigenvalue weighted by molar-refractivity contribution is 0.414. The molecule has 5 nitrogen and oxygen atoms in total. The smallest absolute Gasteiger partial charge is 0.261 e. The van der Waals surface area contributed by atoms with Gasteiger partial charge in [-0.15, -0.1) is 0 Å². The molecule has 0 saturated carbocycles. The summed E-state index contributed by atoms with van der Waals surface area (Å²) in [5.41, 5.74) is 2.54. The van der Waals surface area contributed by atoms with E-state index in [1.165, 1.54) is 23.8 Å². The first-order chi connectivity index (χ1) is 12.2. The number of likely N-dealkylation sites (N-methyl/N-ethyl adjacent to an activating group) is 1. The molecule has 8 heteroatoms. The first-order valence-electron chi connectivity index (χ1n) is 7.98. The van der Waals surface area contributed by atoms with Crippen molar-refractivity contribution < 1.29 is 8.42 Å². The molecule has 0 aliphatic heterocycles. The Morgan fingerprint density at radius 1 is 1.08 bits per heavy atom. The molecule has 0 atom stereocenters. The number of halogens is 2. The van der Waals surface area contributed by atoms with Crippen molar-refractivity contribution in [2.45, 2.75) is 11.3 Å². The number of sulfonamides is 1. The molecule has 0 aliphatic rings. The number of aromatic nitrogens is 1. The molecule has 138 valence electrons. The van der Waals surface area contributed by atoms with Crippen molar-refractivity contribution in [1.29, 1.82) is 0 Å². The number of hydrogen-bond acceptors (Lipinski definition) is 3. The van der Waals surface area contributed by atoms with Gasteiger partial charge in [0, 0.05) is 33.7 Å². The molecule has 0 aliphatic carbocycles. The van der Waals surface area contributed by atoms with Crippen LogP contribution in [-0.4, -0.2) is 38.9 Å². The summed E-state index contributed by atoms with van der Waals surface area (Å²) in [5, 5.41) is 1.62. The fourth-order valence-corrected chi connectivity index (χ4v) is 4.47. The van der Waals surface area contributed by atoms with Gasteiger partial charge in [0.2, 0.25) is 0 Å². The van der Waals surface area contributed by atoms with Crippen molar-refractivity contribution in [3.63, 3.8) is 0 Å². The summed E-state index contributed by atoms with van der Waals surface area (Å²) in [7, 11) is 0.282. The van der Waals surface area contributed by atoms with Crippen molar-refractivity contribution in [3.05, 3.63) is 58.2 Å². The van der Waals surface area contributed by atoms with Crippen LogP contribution in [-0.2, 0) is 16.4 Å². The third-order valence-electron chi connectivity index (χ3n) is 3.99. The molecule has 0 unspecified atom stereocenters. The number of H-pyrrole nitrogens is 1. The van der Waals surface area contributed by atoms with Crippen LogP contribution >= 0.6 is 23.2 Å². The Bertz CT molecular complexity index is 1030. The molecule has 1 aromatic heterocycles. The molecule has 3 rings (SSSR count). The second kappa shape index (κ2) is 7.48. The minimum atomic E-state index is -3.78. The second-order valence-corrected chi connectivity index (χ2v) is 8.89. The van der Waals surface area contributed by atoms with Gasteiger partial charge in [0.05, 0.1) is 10.6 Å². The first-order valence-corrected chi connectivity index (χ1v) is 10.2. The molecule has 0 radical (unpaired) electrons. The number of aromatic amines is 1. The number of hydrogen-bond donors (Lipinski definition) is 2. The van der Waals surface area contributed by atoms with Crippen LogP contribution in [0.15, 0.2) is 47.5 Å². The third kappa shape index (κ3) is 4.32. The average Bonchev–Trinajstić information content (AvgIpc) is 2.94. The molecule has 2 aromatic carbocycles. The zero-order valence-corrected chi connectivity index (χ0v) is 16.7. The van der Waals surface area contributed by atoms with Crippen LogP contribution in [0.3, 0.4) is 0 Å². The van der Waals surface area contributed by atoms with Gasteiger partial charge in [0.15, 0.2) is 0 Å². The van der Waals surface area contributed by atoms with Crippen LogP contribution < -0.4 is 4.72 Å². The Morgan fingerprint density at radius 2 is 1.77 bits per heavy atom. The number of fused-ring (bicyclic) bond motifs is 1. The number of anilines is 1. The minimum Gasteiger partial charge on any atom is -0.361 e. The SMILES string of the molecule is CN(C)CCc1c[nH]c2cc(NS(=O)(=O)c3cc(Cl)cc(Cl)c3)ccc12. The lowest BCUT2D eigenvalue weighted by Gasteiger charge is -2.10. The maximum atomic E-state index is 12.6. The van der Waals surface area contributed by atoms with Gasteiger partial charge in [-0.2, -0.15) is 0 Å². The van der Waals surface area contributed by atoms with Gasteiger partial charge in [-0.1, -0.05) is 29.3 Å². The maximum Gasteiger partial charge on any atom is 0.261 e. The molecule has 0 bridgehead atoms. The van der Waals surface area contributed by atoms with Crippen molar-refractivity contribution in [2.24, 2.45) is 0 Å². The van der Waals surface area contributed by atoms with E-state index in [-0.39, 0.29) is 14.9 Å². The molecule has 0 spiro atoms. The Labute approximate surface area is 163 Å². The summed E-state index contributed by atoms with van der Waals surface area (Å²) in [6.45, 7) is 0.941. The van der Waals surface area contributed by atoms with Gasteiger partial charge in [-0.05, 0) is 56.4 Å². The van der Waals surface area contributed by atoms with Gasteiger partial charge in [0.25, 0.3) is 10.0 Å². The fourth-order valence-electron chi connectivity index (χ4n) is 2.70. The zero-order chi connectivity index (χ0) is 18.9. The van der Waals surface area contributed by atoms with Crippen LogP contribution in [0.4, 0.5) is 5.69 Å². The van der Waals surface area contributed by atoms with Gasteiger partial charge in [0.1, 0.15) is 0 Å². The normalized spacial score (nSPS) is 12.0. The molecule has 26 heavy (non-hydrogen) atoms. The molecular formula is C18H19Cl2N3O2S. The van der Waals surface area contributed by atoms with E-state index in [0.29, 0.717) is 5.69 Å². The Balaban J connectivity index is 1.86. The fraction of sp³-hybridized carbons (Fsp3) is 0.222. The second-order valence-electron chi connectivity index (χ2n) is 6.34. The number of nitrogens with one attached hydrogen (secondary N) is 2. The highest BCUT2D eigenvalue weighted by Crippen LogP contribution is 2.26. The lowest BCUT2D eigenvalue weighted by Crippen LogP contribution is -2.14. The Hall–Kier alpha value is -1.73. The standard InChI is InChI=1S/C18H19Cl2N3O2S/c1-23(2)6-5-12-11-21-18-10-15(3-4-17(12)18)22-26(24,25)16-8-13(19)7-14(20)9-16/h3-4,7-11,21-22H,5-6H2,1-2H3. The summed E-state index contributed by atoms with van der Waals surface area (Å²) < 4.78 is 27.7. The van der Waals surface area contributed by atoms with Gasteiger partial charge in [-0.3, -0.25) is 4.72 Å². The van der Waals surface area contributed by atoms with Gasteiger partial charge in [-0.25, -0.2) is 8.42 Å². The third-order valence-corrected chi connectivity index (χ3v) is 5.79. The van der Waals surface area contributed by atoms with E-state index in [2.05, 4.69) is 14.6 Å². The van der Waals surface area contributed by atoms with Crippen LogP contribution in [0.1, 0.15) is 5.56 Å². The molecule has 0 amide bonds. The predicted molar refractivity (Wildman–Crippen MR) is 108 cm³/mol. The topological polar surface area (TPSA) is 65.2 Å². The molecule has 1 heterocycles. The molecule has 0 fully saturated rings. The highest BCUT2D eigenvalue weighted by atomic mass is 35.5. The van der Waals surface area contributed by atoms with Crippen molar-refractivity contribution >= 4 is 49.8 Å². The molecule has 2 N–H and O–H groups in total. The van der Waals surface area contributed by atoms with E-state index < -0.39 is 10.0 Å². The van der Waals surface area contributed by atoms with E-state index in [0.717, 1.165) is 23.9 Å². The van der Waals surface area contributed by atoms with Crippen LogP contribution in [0.5, 0.6) is 0 Å². The van der Waals surface area contributed by atoms with Gasteiger partial charge >= 0.3 is 0 Å². The summed E-state index contributed by atoms with van der Waals surface area (Å²) >= 11 is 11.8. The quantitative estimate of drug-likeness (QED) is 0.632.